The fraction of sp³-hybridized carbons (Fsp3) is 0.286. The summed E-state index contributed by atoms with van der Waals surface area (Å²) in [4.78, 5) is 20.2. The van der Waals surface area contributed by atoms with Gasteiger partial charge in [-0.25, -0.2) is 0 Å². The molecule has 1 aliphatic heterocycles. The van der Waals surface area contributed by atoms with E-state index in [-0.39, 0.29) is 11.8 Å². The summed E-state index contributed by atoms with van der Waals surface area (Å²) in [6.07, 6.45) is 0.748. The van der Waals surface area contributed by atoms with Crippen molar-refractivity contribution in [1.29, 1.82) is 0 Å². The molecular weight excluding hydrogens is 273 g/mol. The predicted octanol–water partition coefficient (Wildman–Crippen LogP) is 1.04. The minimum absolute atomic E-state index is 0.148. The van der Waals surface area contributed by atoms with Crippen LogP contribution in [0.3, 0.4) is 0 Å². The van der Waals surface area contributed by atoms with Crippen molar-refractivity contribution in [3.05, 3.63) is 42.5 Å². The Morgan fingerprint density at radius 2 is 1.57 bits per heavy atom. The van der Waals surface area contributed by atoms with Crippen molar-refractivity contribution < 1.29 is 24.3 Å². The van der Waals surface area contributed by atoms with E-state index in [0.29, 0.717) is 18.6 Å². The number of para-hydroxylation sites is 1. The molecule has 21 heavy (non-hydrogen) atoms. The Morgan fingerprint density at radius 3 is 1.86 bits per heavy atom. The SMILES string of the molecule is C=C(C)C.O=C1CCC(=O)N1.OB(O)Oc1ccccc1. The Balaban J connectivity index is 0.000000317. The predicted molar refractivity (Wildman–Crippen MR) is 80.1 cm³/mol. The summed E-state index contributed by atoms with van der Waals surface area (Å²) in [6.45, 7) is 7.50. The zero-order valence-corrected chi connectivity index (χ0v) is 12.2. The highest BCUT2D eigenvalue weighted by molar-refractivity contribution is 6.33. The number of hydrogen-bond acceptors (Lipinski definition) is 5. The molecule has 114 valence electrons. The quantitative estimate of drug-likeness (QED) is 0.430. The van der Waals surface area contributed by atoms with Crippen molar-refractivity contribution in [2.75, 3.05) is 0 Å². The third-order valence-electron chi connectivity index (χ3n) is 1.84. The van der Waals surface area contributed by atoms with E-state index in [0.717, 1.165) is 0 Å². The first-order valence-electron chi connectivity index (χ1n) is 6.34. The minimum Gasteiger partial charge on any atom is -0.512 e. The Hall–Kier alpha value is -2.12. The molecule has 1 aromatic carbocycles. The first-order valence-corrected chi connectivity index (χ1v) is 6.34. The average molecular weight is 293 g/mol. The molecule has 0 bridgehead atoms. The van der Waals surface area contributed by atoms with E-state index >= 15 is 0 Å². The van der Waals surface area contributed by atoms with Crippen LogP contribution in [0.1, 0.15) is 26.7 Å². The van der Waals surface area contributed by atoms with Crippen LogP contribution in [0.5, 0.6) is 5.75 Å². The Kier molecular flexibility index (Phi) is 9.57. The highest BCUT2D eigenvalue weighted by atomic mass is 16.6. The molecule has 0 aliphatic carbocycles. The normalized spacial score (nSPS) is 12.2. The van der Waals surface area contributed by atoms with Crippen molar-refractivity contribution in [1.82, 2.24) is 5.32 Å². The van der Waals surface area contributed by atoms with Gasteiger partial charge in [-0.15, -0.1) is 6.58 Å². The second kappa shape index (κ2) is 10.6. The molecule has 0 radical (unpaired) electrons. The fourth-order valence-electron chi connectivity index (χ4n) is 1.13. The van der Waals surface area contributed by atoms with E-state index < -0.39 is 7.32 Å². The number of carbonyl (C=O) groups excluding carboxylic acids is 2. The van der Waals surface area contributed by atoms with Gasteiger partial charge in [0.2, 0.25) is 11.8 Å². The van der Waals surface area contributed by atoms with Gasteiger partial charge in [0.15, 0.2) is 0 Å². The number of hydrogen-bond donors (Lipinski definition) is 3. The maximum Gasteiger partial charge on any atom is 0.707 e. The molecule has 0 atom stereocenters. The van der Waals surface area contributed by atoms with Gasteiger partial charge in [0, 0.05) is 12.8 Å². The highest BCUT2D eigenvalue weighted by Crippen LogP contribution is 2.07. The second-order valence-corrected chi connectivity index (χ2v) is 4.44. The summed E-state index contributed by atoms with van der Waals surface area (Å²) >= 11 is 0. The summed E-state index contributed by atoms with van der Waals surface area (Å²) in [6, 6.07) is 8.59. The van der Waals surface area contributed by atoms with Gasteiger partial charge in [0.1, 0.15) is 5.75 Å². The molecule has 2 rings (SSSR count). The van der Waals surface area contributed by atoms with Crippen molar-refractivity contribution in [3.63, 3.8) is 0 Å². The number of benzene rings is 1. The summed E-state index contributed by atoms with van der Waals surface area (Å²) in [7, 11) is -1.73. The molecule has 1 aromatic rings. The number of imide groups is 1. The average Bonchev–Trinajstić information content (AvgIpc) is 2.73. The molecule has 6 nitrogen and oxygen atoms in total. The van der Waals surface area contributed by atoms with Crippen LogP contribution in [-0.4, -0.2) is 29.2 Å². The third kappa shape index (κ3) is 12.7. The van der Waals surface area contributed by atoms with Gasteiger partial charge in [-0.3, -0.25) is 14.9 Å². The standard InChI is InChI=1S/C6H7BO3.C4H5NO2.C4H8/c8-7(9)10-6-4-2-1-3-5-6;6-3-1-2-4(7)5-3;1-4(2)3/h1-5,8-9H;1-2H2,(H,5,6,7);1H2,2-3H3. The minimum atomic E-state index is -1.73. The maximum atomic E-state index is 10.1. The number of nitrogens with one attached hydrogen (secondary N) is 1. The first kappa shape index (κ1) is 18.9. The van der Waals surface area contributed by atoms with Gasteiger partial charge in [0.05, 0.1) is 0 Å². The Labute approximate surface area is 124 Å². The van der Waals surface area contributed by atoms with Crippen molar-refractivity contribution >= 4 is 19.1 Å². The van der Waals surface area contributed by atoms with E-state index in [4.69, 9.17) is 10.0 Å². The zero-order chi connectivity index (χ0) is 16.3. The van der Waals surface area contributed by atoms with E-state index in [1.807, 2.05) is 19.9 Å². The molecule has 1 heterocycles. The summed E-state index contributed by atoms with van der Waals surface area (Å²) < 4.78 is 4.53. The number of carbonyl (C=O) groups is 2. The molecule has 0 saturated carbocycles. The largest absolute Gasteiger partial charge is 0.707 e. The van der Waals surface area contributed by atoms with Gasteiger partial charge in [0.25, 0.3) is 0 Å². The van der Waals surface area contributed by atoms with Gasteiger partial charge in [-0.1, -0.05) is 23.8 Å². The van der Waals surface area contributed by atoms with Gasteiger partial charge in [-0.2, -0.15) is 0 Å². The molecular formula is C14H20BNO5. The van der Waals surface area contributed by atoms with E-state index in [2.05, 4.69) is 16.6 Å². The number of amides is 2. The smallest absolute Gasteiger partial charge is 0.512 e. The topological polar surface area (TPSA) is 95.9 Å². The van der Waals surface area contributed by atoms with Gasteiger partial charge >= 0.3 is 7.32 Å². The molecule has 3 N–H and O–H groups in total. The van der Waals surface area contributed by atoms with Crippen LogP contribution >= 0.6 is 0 Å². The molecule has 1 aliphatic rings. The van der Waals surface area contributed by atoms with Crippen molar-refractivity contribution in [3.8, 4) is 5.75 Å². The molecule has 1 fully saturated rings. The summed E-state index contributed by atoms with van der Waals surface area (Å²) in [5.41, 5.74) is 1.17. The molecule has 2 amide bonds. The van der Waals surface area contributed by atoms with Crippen molar-refractivity contribution in [2.45, 2.75) is 26.7 Å². The van der Waals surface area contributed by atoms with Crippen LogP contribution in [0, 0.1) is 0 Å². The summed E-state index contributed by atoms with van der Waals surface area (Å²) in [5.74, 6) is 0.146. The molecule has 1 saturated heterocycles. The lowest BCUT2D eigenvalue weighted by Gasteiger charge is -2.01. The number of allylic oxidation sites excluding steroid dienone is 1. The lowest BCUT2D eigenvalue weighted by atomic mass is 10.2. The van der Waals surface area contributed by atoms with Gasteiger partial charge < -0.3 is 14.7 Å². The first-order chi connectivity index (χ1) is 9.81. The Bertz CT molecular complexity index is 444. The van der Waals surface area contributed by atoms with Crippen LogP contribution in [0.2, 0.25) is 0 Å². The van der Waals surface area contributed by atoms with Crippen LogP contribution in [0.4, 0.5) is 0 Å². The second-order valence-electron chi connectivity index (χ2n) is 4.44. The maximum absolute atomic E-state index is 10.1. The molecule has 0 spiro atoms. The molecule has 7 heteroatoms. The van der Waals surface area contributed by atoms with E-state index in [9.17, 15) is 9.59 Å². The van der Waals surface area contributed by atoms with Crippen LogP contribution in [0.15, 0.2) is 42.5 Å². The molecule has 0 unspecified atom stereocenters. The van der Waals surface area contributed by atoms with Crippen LogP contribution in [-0.2, 0) is 9.59 Å². The monoisotopic (exact) mass is 293 g/mol. The lowest BCUT2D eigenvalue weighted by molar-refractivity contribution is -0.124. The van der Waals surface area contributed by atoms with Crippen LogP contribution in [0.25, 0.3) is 0 Å². The molecule has 0 aromatic heterocycles. The van der Waals surface area contributed by atoms with Crippen LogP contribution < -0.4 is 9.97 Å². The highest BCUT2D eigenvalue weighted by Gasteiger charge is 2.15. The van der Waals surface area contributed by atoms with Gasteiger partial charge in [-0.05, 0) is 26.0 Å². The van der Waals surface area contributed by atoms with E-state index in [1.165, 1.54) is 5.57 Å². The lowest BCUT2D eigenvalue weighted by Crippen LogP contribution is -2.20. The van der Waals surface area contributed by atoms with Crippen molar-refractivity contribution in [2.24, 2.45) is 0 Å². The third-order valence-corrected chi connectivity index (χ3v) is 1.84. The van der Waals surface area contributed by atoms with E-state index in [1.54, 1.807) is 24.3 Å². The number of rotatable bonds is 2. The zero-order valence-electron chi connectivity index (χ0n) is 12.2. The summed E-state index contributed by atoms with van der Waals surface area (Å²) in [5, 5.41) is 18.8. The fourth-order valence-corrected chi connectivity index (χ4v) is 1.13. The Morgan fingerprint density at radius 1 is 1.14 bits per heavy atom.